The van der Waals surface area contributed by atoms with Crippen molar-refractivity contribution in [2.24, 2.45) is 5.92 Å². The number of fused-ring (bicyclic) bond motifs is 1. The van der Waals surface area contributed by atoms with Gasteiger partial charge < -0.3 is 19.5 Å². The van der Waals surface area contributed by atoms with Crippen molar-refractivity contribution in [2.45, 2.75) is 25.5 Å². The Morgan fingerprint density at radius 2 is 2.00 bits per heavy atom. The minimum Gasteiger partial charge on any atom is -0.454 e. The molecule has 5 rings (SSSR count). The molecule has 1 N–H and O–H groups in total. The van der Waals surface area contributed by atoms with Crippen LogP contribution in [0.3, 0.4) is 0 Å². The predicted octanol–water partition coefficient (Wildman–Crippen LogP) is 3.56. The zero-order valence-electron chi connectivity index (χ0n) is 16.7. The Morgan fingerprint density at radius 1 is 1.17 bits per heavy atom. The van der Waals surface area contributed by atoms with E-state index in [2.05, 4.69) is 10.4 Å². The Morgan fingerprint density at radius 3 is 2.87 bits per heavy atom. The van der Waals surface area contributed by atoms with Crippen LogP contribution in [0.25, 0.3) is 5.69 Å². The van der Waals surface area contributed by atoms with Crippen LogP contribution in [-0.2, 0) is 9.53 Å². The molecule has 0 radical (unpaired) electrons. The number of para-hydroxylation sites is 1. The fraction of sp³-hybridized carbons (Fsp3) is 0.304. The fourth-order valence-corrected chi connectivity index (χ4v) is 3.98. The lowest BCUT2D eigenvalue weighted by Gasteiger charge is -2.21. The molecule has 1 aromatic heterocycles. The van der Waals surface area contributed by atoms with Crippen molar-refractivity contribution in [3.63, 3.8) is 0 Å². The van der Waals surface area contributed by atoms with Gasteiger partial charge in [-0.05, 0) is 43.2 Å². The summed E-state index contributed by atoms with van der Waals surface area (Å²) in [5, 5.41) is 7.57. The molecule has 3 heterocycles. The van der Waals surface area contributed by atoms with Gasteiger partial charge in [0.05, 0.1) is 29.9 Å². The second-order valence-corrected chi connectivity index (χ2v) is 7.58. The molecule has 2 aliphatic heterocycles. The van der Waals surface area contributed by atoms with Crippen LogP contribution < -0.4 is 14.8 Å². The maximum atomic E-state index is 13.0. The molecule has 0 saturated carbocycles. The number of ether oxygens (including phenoxy) is 3. The van der Waals surface area contributed by atoms with E-state index in [1.807, 2.05) is 61.7 Å². The summed E-state index contributed by atoms with van der Waals surface area (Å²) in [6.45, 7) is 2.75. The van der Waals surface area contributed by atoms with Gasteiger partial charge in [0.15, 0.2) is 11.5 Å². The van der Waals surface area contributed by atoms with E-state index in [9.17, 15) is 4.79 Å². The molecule has 0 bridgehead atoms. The number of nitrogens with one attached hydrogen (secondary N) is 1. The smallest absolute Gasteiger partial charge is 0.231 e. The summed E-state index contributed by atoms with van der Waals surface area (Å²) in [5.74, 6) is 1.17. The van der Waals surface area contributed by atoms with E-state index in [4.69, 9.17) is 14.2 Å². The molecule has 3 atom stereocenters. The first-order valence-corrected chi connectivity index (χ1v) is 10.1. The molecule has 3 aromatic rings. The minimum atomic E-state index is -0.300. The molecule has 0 unspecified atom stereocenters. The van der Waals surface area contributed by atoms with Crippen LogP contribution >= 0.6 is 0 Å². The number of rotatable bonds is 5. The monoisotopic (exact) mass is 405 g/mol. The number of hydrogen-bond acceptors (Lipinski definition) is 5. The number of carbonyl (C=O) groups excluding carboxylic acids is 1. The number of hydrogen-bond donors (Lipinski definition) is 1. The zero-order valence-corrected chi connectivity index (χ0v) is 16.7. The van der Waals surface area contributed by atoms with Gasteiger partial charge in [-0.15, -0.1) is 0 Å². The maximum absolute atomic E-state index is 13.0. The summed E-state index contributed by atoms with van der Waals surface area (Å²) in [5.41, 5.74) is 2.85. The van der Waals surface area contributed by atoms with Crippen LogP contribution in [0.2, 0.25) is 0 Å². The number of carbonyl (C=O) groups is 1. The Hall–Kier alpha value is -3.32. The molecule has 0 spiro atoms. The van der Waals surface area contributed by atoms with Gasteiger partial charge in [-0.3, -0.25) is 4.79 Å². The lowest BCUT2D eigenvalue weighted by atomic mass is 9.95. The van der Waals surface area contributed by atoms with E-state index < -0.39 is 0 Å². The van der Waals surface area contributed by atoms with E-state index in [0.29, 0.717) is 18.8 Å². The van der Waals surface area contributed by atoms with Gasteiger partial charge in [0, 0.05) is 18.4 Å². The molecule has 154 valence electrons. The summed E-state index contributed by atoms with van der Waals surface area (Å²) in [4.78, 5) is 13.0. The van der Waals surface area contributed by atoms with Crippen LogP contribution in [0.5, 0.6) is 11.5 Å². The number of amides is 1. The molecule has 2 aromatic carbocycles. The average molecular weight is 405 g/mol. The normalized spacial score (nSPS) is 20.8. The first kappa shape index (κ1) is 18.7. The Kier molecular flexibility index (Phi) is 4.88. The second-order valence-electron chi connectivity index (χ2n) is 7.58. The van der Waals surface area contributed by atoms with Crippen LogP contribution in [0.1, 0.15) is 36.6 Å². The van der Waals surface area contributed by atoms with E-state index in [-0.39, 0.29) is 30.8 Å². The zero-order chi connectivity index (χ0) is 20.5. The average Bonchev–Trinajstić information content (AvgIpc) is 3.53. The highest BCUT2D eigenvalue weighted by atomic mass is 16.7. The van der Waals surface area contributed by atoms with Crippen LogP contribution in [-0.4, -0.2) is 29.1 Å². The number of nitrogens with zero attached hydrogens (tertiary/aromatic N) is 2. The lowest BCUT2D eigenvalue weighted by Crippen LogP contribution is -2.34. The number of aromatic nitrogens is 2. The lowest BCUT2D eigenvalue weighted by molar-refractivity contribution is -0.127. The standard InChI is InChI=1S/C23H23N3O4/c1-15(16-7-8-20-21(11-16)30-14-29-20)25-23(27)19-9-10-28-22(19)17-12-24-26(13-17)18-5-3-2-4-6-18/h2-8,11-13,15,19,22H,9-10,14H2,1H3,(H,25,27)/t15-,19+,22-/m1/s1. The SMILES string of the molecule is C[C@@H](NC(=O)[C@H]1CCO[C@@H]1c1cnn(-c2ccccc2)c1)c1ccc2c(c1)OCO2. The van der Waals surface area contributed by atoms with Gasteiger partial charge in [0.25, 0.3) is 0 Å². The Labute approximate surface area is 174 Å². The third kappa shape index (κ3) is 3.52. The van der Waals surface area contributed by atoms with Crippen molar-refractivity contribution >= 4 is 5.91 Å². The molecule has 0 aliphatic carbocycles. The topological polar surface area (TPSA) is 74.6 Å². The van der Waals surface area contributed by atoms with Gasteiger partial charge >= 0.3 is 0 Å². The van der Waals surface area contributed by atoms with Gasteiger partial charge in [-0.25, -0.2) is 4.68 Å². The molecule has 2 aliphatic rings. The van der Waals surface area contributed by atoms with Gasteiger partial charge in [0.2, 0.25) is 12.7 Å². The Balaban J connectivity index is 1.29. The summed E-state index contributed by atoms with van der Waals surface area (Å²) in [7, 11) is 0. The van der Waals surface area contributed by atoms with E-state index in [1.54, 1.807) is 10.9 Å². The van der Waals surface area contributed by atoms with E-state index in [1.165, 1.54) is 0 Å². The van der Waals surface area contributed by atoms with Gasteiger partial charge in [-0.2, -0.15) is 5.10 Å². The third-order valence-electron chi connectivity index (χ3n) is 5.64. The van der Waals surface area contributed by atoms with Crippen LogP contribution in [0.4, 0.5) is 0 Å². The van der Waals surface area contributed by atoms with Gasteiger partial charge in [-0.1, -0.05) is 24.3 Å². The van der Waals surface area contributed by atoms with Crippen molar-refractivity contribution in [3.05, 3.63) is 72.1 Å². The van der Waals surface area contributed by atoms with Gasteiger partial charge in [0.1, 0.15) is 0 Å². The fourth-order valence-electron chi connectivity index (χ4n) is 3.98. The maximum Gasteiger partial charge on any atom is 0.231 e. The largest absolute Gasteiger partial charge is 0.454 e. The highest BCUT2D eigenvalue weighted by Gasteiger charge is 2.36. The molecule has 30 heavy (non-hydrogen) atoms. The van der Waals surface area contributed by atoms with Crippen molar-refractivity contribution in [3.8, 4) is 17.2 Å². The second kappa shape index (κ2) is 7.84. The van der Waals surface area contributed by atoms with E-state index in [0.717, 1.165) is 22.6 Å². The summed E-state index contributed by atoms with van der Waals surface area (Å²) >= 11 is 0. The first-order valence-electron chi connectivity index (χ1n) is 10.1. The van der Waals surface area contributed by atoms with E-state index >= 15 is 0 Å². The molecule has 1 fully saturated rings. The molecule has 1 saturated heterocycles. The summed E-state index contributed by atoms with van der Waals surface area (Å²) in [6, 6.07) is 15.5. The highest BCUT2D eigenvalue weighted by Crippen LogP contribution is 2.36. The predicted molar refractivity (Wildman–Crippen MR) is 109 cm³/mol. The van der Waals surface area contributed by atoms with Crippen molar-refractivity contribution < 1.29 is 19.0 Å². The Bertz CT molecular complexity index is 1050. The number of benzene rings is 2. The van der Waals surface area contributed by atoms with Crippen molar-refractivity contribution in [1.29, 1.82) is 0 Å². The molecular weight excluding hydrogens is 382 g/mol. The first-order chi connectivity index (χ1) is 14.7. The third-order valence-corrected chi connectivity index (χ3v) is 5.64. The minimum absolute atomic E-state index is 0.0184. The molecular formula is C23H23N3O4. The molecule has 7 nitrogen and oxygen atoms in total. The van der Waals surface area contributed by atoms with Crippen LogP contribution in [0.15, 0.2) is 60.9 Å². The quantitative estimate of drug-likeness (QED) is 0.703. The molecule has 7 heteroatoms. The highest BCUT2D eigenvalue weighted by molar-refractivity contribution is 5.80. The van der Waals surface area contributed by atoms with Crippen LogP contribution in [0, 0.1) is 5.92 Å². The summed E-state index contributed by atoms with van der Waals surface area (Å²) < 4.78 is 18.5. The summed E-state index contributed by atoms with van der Waals surface area (Å²) in [6.07, 6.45) is 4.10. The van der Waals surface area contributed by atoms with Crippen molar-refractivity contribution in [2.75, 3.05) is 13.4 Å². The van der Waals surface area contributed by atoms with Crippen molar-refractivity contribution in [1.82, 2.24) is 15.1 Å². The molecule has 1 amide bonds.